The summed E-state index contributed by atoms with van der Waals surface area (Å²) in [5, 5.41) is 0. The Balaban J connectivity index is 4.77. The highest BCUT2D eigenvalue weighted by Crippen LogP contribution is 2.24. The fourth-order valence-corrected chi connectivity index (χ4v) is 2.08. The van der Waals surface area contributed by atoms with Gasteiger partial charge >= 0.3 is 0 Å². The summed E-state index contributed by atoms with van der Waals surface area (Å²) in [7, 11) is 0. The van der Waals surface area contributed by atoms with E-state index in [2.05, 4.69) is 50.5 Å². The van der Waals surface area contributed by atoms with Gasteiger partial charge in [-0.15, -0.1) is 0 Å². The summed E-state index contributed by atoms with van der Waals surface area (Å²) in [5.74, 6) is 0. The molecule has 0 aliphatic heterocycles. The lowest BCUT2D eigenvalue weighted by molar-refractivity contribution is 0.579. The molecule has 18 heavy (non-hydrogen) atoms. The average Bonchev–Trinajstić information content (AvgIpc) is 2.35. The third kappa shape index (κ3) is 5.89. The standard InChI is InChI=1S/C16H23NS/c1-7-11-13-14(9-3)16(5,6)17-18-15(10-4)12-8-2/h7-13,17H,1-2,4H2,3,5-6H3/b13-11-,14-9+,15-12+. The Morgan fingerprint density at radius 1 is 1.17 bits per heavy atom. The van der Waals surface area contributed by atoms with Crippen molar-refractivity contribution in [2.24, 2.45) is 0 Å². The zero-order valence-electron chi connectivity index (χ0n) is 11.6. The fourth-order valence-electron chi connectivity index (χ4n) is 1.34. The van der Waals surface area contributed by atoms with Gasteiger partial charge in [0, 0.05) is 10.4 Å². The largest absolute Gasteiger partial charge is 0.250 e. The van der Waals surface area contributed by atoms with Crippen molar-refractivity contribution >= 4 is 11.9 Å². The van der Waals surface area contributed by atoms with Crippen LogP contribution >= 0.6 is 11.9 Å². The van der Waals surface area contributed by atoms with E-state index in [-0.39, 0.29) is 5.54 Å². The van der Waals surface area contributed by atoms with Crippen LogP contribution < -0.4 is 4.72 Å². The maximum atomic E-state index is 3.78. The van der Waals surface area contributed by atoms with Gasteiger partial charge in [-0.1, -0.05) is 56.2 Å². The predicted octanol–water partition coefficient (Wildman–Crippen LogP) is 4.95. The summed E-state index contributed by atoms with van der Waals surface area (Å²) < 4.78 is 3.43. The van der Waals surface area contributed by atoms with Crippen molar-refractivity contribution in [1.29, 1.82) is 0 Å². The van der Waals surface area contributed by atoms with Crippen molar-refractivity contribution in [2.75, 3.05) is 0 Å². The highest BCUT2D eigenvalue weighted by Gasteiger charge is 2.20. The molecule has 0 radical (unpaired) electrons. The van der Waals surface area contributed by atoms with E-state index in [1.807, 2.05) is 25.2 Å². The molecule has 0 rings (SSSR count). The summed E-state index contributed by atoms with van der Waals surface area (Å²) in [5.41, 5.74) is 1.07. The van der Waals surface area contributed by atoms with Gasteiger partial charge in [-0.05, 0) is 44.4 Å². The molecule has 0 amide bonds. The molecule has 0 aromatic rings. The first-order valence-corrected chi connectivity index (χ1v) is 6.68. The quantitative estimate of drug-likeness (QED) is 0.490. The predicted molar refractivity (Wildman–Crippen MR) is 86.4 cm³/mol. The lowest BCUT2D eigenvalue weighted by Gasteiger charge is -2.27. The number of nitrogens with one attached hydrogen (secondary N) is 1. The minimum Gasteiger partial charge on any atom is -0.250 e. The van der Waals surface area contributed by atoms with Gasteiger partial charge < -0.3 is 0 Å². The second-order valence-corrected chi connectivity index (χ2v) is 5.06. The summed E-state index contributed by atoms with van der Waals surface area (Å²) in [6.07, 6.45) is 13.4. The van der Waals surface area contributed by atoms with Gasteiger partial charge in [0.2, 0.25) is 0 Å². The molecule has 0 aliphatic carbocycles. The van der Waals surface area contributed by atoms with Crippen LogP contribution in [-0.2, 0) is 0 Å². The van der Waals surface area contributed by atoms with Crippen molar-refractivity contribution in [2.45, 2.75) is 26.3 Å². The maximum Gasteiger partial charge on any atom is 0.0475 e. The van der Waals surface area contributed by atoms with Crippen LogP contribution in [0.25, 0.3) is 0 Å². The third-order valence-electron chi connectivity index (χ3n) is 2.35. The molecule has 0 bridgehead atoms. The van der Waals surface area contributed by atoms with Crippen molar-refractivity contribution in [3.8, 4) is 0 Å². The lowest BCUT2D eigenvalue weighted by Crippen LogP contribution is -2.36. The van der Waals surface area contributed by atoms with E-state index in [1.54, 1.807) is 24.1 Å². The Labute approximate surface area is 116 Å². The van der Waals surface area contributed by atoms with Gasteiger partial charge in [0.25, 0.3) is 0 Å². The summed E-state index contributed by atoms with van der Waals surface area (Å²) in [4.78, 5) is 1.04. The first kappa shape index (κ1) is 16.8. The minimum absolute atomic E-state index is 0.137. The van der Waals surface area contributed by atoms with Crippen LogP contribution in [0.1, 0.15) is 20.8 Å². The molecule has 0 heterocycles. The molecule has 98 valence electrons. The Bertz CT molecular complexity index is 384. The monoisotopic (exact) mass is 261 g/mol. The molecular formula is C16H23NS. The van der Waals surface area contributed by atoms with Gasteiger partial charge in [0.1, 0.15) is 0 Å². The van der Waals surface area contributed by atoms with Crippen LogP contribution in [0.5, 0.6) is 0 Å². The van der Waals surface area contributed by atoms with E-state index in [0.29, 0.717) is 0 Å². The molecule has 0 saturated carbocycles. The van der Waals surface area contributed by atoms with Crippen molar-refractivity contribution in [3.63, 3.8) is 0 Å². The second-order valence-electron chi connectivity index (χ2n) is 4.18. The van der Waals surface area contributed by atoms with E-state index in [1.165, 1.54) is 5.57 Å². The molecule has 0 aromatic carbocycles. The first-order valence-electron chi connectivity index (χ1n) is 5.87. The van der Waals surface area contributed by atoms with Gasteiger partial charge in [-0.25, -0.2) is 4.72 Å². The van der Waals surface area contributed by atoms with Crippen molar-refractivity contribution < 1.29 is 0 Å². The van der Waals surface area contributed by atoms with Crippen LogP contribution in [-0.4, -0.2) is 5.54 Å². The van der Waals surface area contributed by atoms with E-state index in [4.69, 9.17) is 0 Å². The topological polar surface area (TPSA) is 12.0 Å². The normalized spacial score (nSPS) is 13.7. The average molecular weight is 261 g/mol. The van der Waals surface area contributed by atoms with E-state index >= 15 is 0 Å². The van der Waals surface area contributed by atoms with E-state index < -0.39 is 0 Å². The number of hydrogen-bond donors (Lipinski definition) is 1. The number of allylic oxidation sites excluding steroid dienone is 6. The van der Waals surface area contributed by atoms with Gasteiger partial charge in [-0.2, -0.15) is 0 Å². The molecule has 0 aromatic heterocycles. The Morgan fingerprint density at radius 2 is 1.83 bits per heavy atom. The van der Waals surface area contributed by atoms with Gasteiger partial charge in [0.05, 0.1) is 0 Å². The maximum absolute atomic E-state index is 3.78. The molecule has 0 spiro atoms. The Hall–Kier alpha value is -1.25. The van der Waals surface area contributed by atoms with Crippen LogP contribution in [0.4, 0.5) is 0 Å². The van der Waals surface area contributed by atoms with Crippen LogP contribution in [0.3, 0.4) is 0 Å². The molecule has 0 unspecified atom stereocenters. The molecule has 1 N–H and O–H groups in total. The SMILES string of the molecule is C=C/C=C\C(=C/C)C(C)(C)NS/C(C=C)=C/C=C. The molecule has 0 atom stereocenters. The highest BCUT2D eigenvalue weighted by atomic mass is 32.2. The smallest absolute Gasteiger partial charge is 0.0475 e. The molecular weight excluding hydrogens is 238 g/mol. The highest BCUT2D eigenvalue weighted by molar-refractivity contribution is 8.01. The Kier molecular flexibility index (Phi) is 8.17. The fraction of sp³-hybridized carbons (Fsp3) is 0.250. The van der Waals surface area contributed by atoms with E-state index in [0.717, 1.165) is 4.91 Å². The van der Waals surface area contributed by atoms with Crippen molar-refractivity contribution in [3.05, 3.63) is 72.7 Å². The summed E-state index contributed by atoms with van der Waals surface area (Å²) in [6.45, 7) is 17.5. The Morgan fingerprint density at radius 3 is 2.28 bits per heavy atom. The van der Waals surface area contributed by atoms with Gasteiger partial charge in [0.15, 0.2) is 0 Å². The van der Waals surface area contributed by atoms with Crippen LogP contribution in [0, 0.1) is 0 Å². The molecule has 1 nitrogen and oxygen atoms in total. The first-order chi connectivity index (χ1) is 8.51. The number of hydrogen-bond acceptors (Lipinski definition) is 2. The molecule has 0 fully saturated rings. The molecule has 0 saturated heterocycles. The summed E-state index contributed by atoms with van der Waals surface area (Å²) in [6, 6.07) is 0. The minimum atomic E-state index is -0.137. The van der Waals surface area contributed by atoms with E-state index in [9.17, 15) is 0 Å². The zero-order chi connectivity index (χ0) is 14.0. The lowest BCUT2D eigenvalue weighted by atomic mass is 9.95. The zero-order valence-corrected chi connectivity index (χ0v) is 12.4. The molecule has 2 heteroatoms. The van der Waals surface area contributed by atoms with Gasteiger partial charge in [-0.3, -0.25) is 0 Å². The second kappa shape index (κ2) is 8.78. The van der Waals surface area contributed by atoms with Crippen molar-refractivity contribution in [1.82, 2.24) is 4.72 Å². The third-order valence-corrected chi connectivity index (χ3v) is 3.50. The number of rotatable bonds is 8. The summed E-state index contributed by atoms with van der Waals surface area (Å²) >= 11 is 1.55. The van der Waals surface area contributed by atoms with Crippen LogP contribution in [0.15, 0.2) is 72.7 Å². The molecule has 0 aliphatic rings. The van der Waals surface area contributed by atoms with Crippen LogP contribution in [0.2, 0.25) is 0 Å².